The quantitative estimate of drug-likeness (QED) is 0.840. The van der Waals surface area contributed by atoms with E-state index in [1.807, 2.05) is 24.3 Å². The van der Waals surface area contributed by atoms with Gasteiger partial charge in [-0.3, -0.25) is 4.79 Å². The van der Waals surface area contributed by atoms with Crippen LogP contribution >= 0.6 is 34.7 Å². The Bertz CT molecular complexity index is 653. The second kappa shape index (κ2) is 7.49. The van der Waals surface area contributed by atoms with E-state index in [2.05, 4.69) is 10.3 Å². The molecule has 116 valence electrons. The van der Waals surface area contributed by atoms with E-state index in [-0.39, 0.29) is 5.91 Å². The van der Waals surface area contributed by atoms with E-state index in [1.165, 1.54) is 42.4 Å². The lowest BCUT2D eigenvalue weighted by Gasteiger charge is -2.23. The van der Waals surface area contributed by atoms with Gasteiger partial charge in [0.2, 0.25) is 0 Å². The van der Waals surface area contributed by atoms with Crippen molar-refractivity contribution in [2.45, 2.75) is 47.4 Å². The Hall–Kier alpha value is -1.04. The molecule has 1 saturated carbocycles. The third-order valence-electron chi connectivity index (χ3n) is 3.72. The number of halogens is 1. The maximum atomic E-state index is 12.6. The first-order chi connectivity index (χ1) is 10.7. The highest BCUT2D eigenvalue weighted by Gasteiger charge is 2.19. The normalized spacial score (nSPS) is 15.7. The van der Waals surface area contributed by atoms with Crippen LogP contribution in [-0.2, 0) is 0 Å². The fraction of sp³-hybridized carbons (Fsp3) is 0.375. The van der Waals surface area contributed by atoms with Crippen molar-refractivity contribution in [1.29, 1.82) is 0 Å². The van der Waals surface area contributed by atoms with Crippen LogP contribution in [0.2, 0.25) is 5.15 Å². The van der Waals surface area contributed by atoms with E-state index in [1.54, 1.807) is 5.38 Å². The molecule has 0 atom stereocenters. The summed E-state index contributed by atoms with van der Waals surface area (Å²) in [6, 6.07) is 7.98. The second-order valence-corrected chi connectivity index (χ2v) is 7.88. The molecule has 0 bridgehead atoms. The predicted molar refractivity (Wildman–Crippen MR) is 92.0 cm³/mol. The number of thiazole rings is 1. The Morgan fingerprint density at radius 1 is 1.27 bits per heavy atom. The number of carbonyl (C=O) groups is 1. The molecule has 1 fully saturated rings. The summed E-state index contributed by atoms with van der Waals surface area (Å²) in [7, 11) is 0. The van der Waals surface area contributed by atoms with Gasteiger partial charge in [0.25, 0.3) is 5.91 Å². The molecule has 3 nitrogen and oxygen atoms in total. The van der Waals surface area contributed by atoms with Crippen LogP contribution in [0.1, 0.15) is 42.5 Å². The number of nitrogens with one attached hydrogen (secondary N) is 1. The lowest BCUT2D eigenvalue weighted by atomic mass is 9.95. The average Bonchev–Trinajstić information content (AvgIpc) is 2.94. The molecule has 0 unspecified atom stereocenters. The summed E-state index contributed by atoms with van der Waals surface area (Å²) in [5, 5.41) is 5.47. The first-order valence-corrected chi connectivity index (χ1v) is 9.48. The van der Waals surface area contributed by atoms with Crippen LogP contribution in [0.3, 0.4) is 0 Å². The average molecular weight is 353 g/mol. The summed E-state index contributed by atoms with van der Waals surface area (Å²) < 4.78 is 0.850. The first-order valence-electron chi connectivity index (χ1n) is 7.41. The number of benzene rings is 1. The van der Waals surface area contributed by atoms with E-state index in [4.69, 9.17) is 11.6 Å². The smallest absolute Gasteiger partial charge is 0.252 e. The van der Waals surface area contributed by atoms with Crippen molar-refractivity contribution in [3.63, 3.8) is 0 Å². The third kappa shape index (κ3) is 4.03. The molecule has 2 aromatic rings. The highest BCUT2D eigenvalue weighted by Crippen LogP contribution is 2.33. The number of nitrogens with zero attached hydrogens (tertiary/aromatic N) is 1. The largest absolute Gasteiger partial charge is 0.349 e. The summed E-state index contributed by atoms with van der Waals surface area (Å²) >= 11 is 8.84. The molecule has 1 N–H and O–H groups in total. The molecule has 0 saturated heterocycles. The van der Waals surface area contributed by atoms with Gasteiger partial charge in [-0.2, -0.15) is 0 Å². The van der Waals surface area contributed by atoms with Gasteiger partial charge in [-0.05, 0) is 25.0 Å². The number of amides is 1. The van der Waals surface area contributed by atoms with Crippen LogP contribution in [0.15, 0.2) is 38.9 Å². The van der Waals surface area contributed by atoms with E-state index < -0.39 is 0 Å². The lowest BCUT2D eigenvalue weighted by molar-refractivity contribution is 0.0925. The highest BCUT2D eigenvalue weighted by atomic mass is 35.5. The van der Waals surface area contributed by atoms with E-state index >= 15 is 0 Å². The van der Waals surface area contributed by atoms with Crippen molar-refractivity contribution in [1.82, 2.24) is 10.3 Å². The van der Waals surface area contributed by atoms with E-state index in [0.29, 0.717) is 16.8 Å². The predicted octanol–water partition coefficient (Wildman–Crippen LogP) is 5.01. The van der Waals surface area contributed by atoms with Gasteiger partial charge in [0, 0.05) is 16.3 Å². The Morgan fingerprint density at radius 2 is 2.05 bits per heavy atom. The van der Waals surface area contributed by atoms with Gasteiger partial charge in [-0.1, -0.05) is 54.8 Å². The zero-order valence-corrected chi connectivity index (χ0v) is 14.4. The Labute approximate surface area is 143 Å². The molecule has 1 amide bonds. The number of carbonyl (C=O) groups excluding carboxylic acids is 1. The van der Waals surface area contributed by atoms with Gasteiger partial charge in [0.05, 0.1) is 5.56 Å². The van der Waals surface area contributed by atoms with Gasteiger partial charge < -0.3 is 5.32 Å². The minimum atomic E-state index is 0.0117. The molecule has 22 heavy (non-hydrogen) atoms. The van der Waals surface area contributed by atoms with Crippen LogP contribution in [-0.4, -0.2) is 16.9 Å². The van der Waals surface area contributed by atoms with Crippen molar-refractivity contribution in [2.75, 3.05) is 0 Å². The van der Waals surface area contributed by atoms with Crippen LogP contribution in [0.5, 0.6) is 0 Å². The third-order valence-corrected chi connectivity index (χ3v) is 6.06. The summed E-state index contributed by atoms with van der Waals surface area (Å²) in [6.07, 6.45) is 5.87. The van der Waals surface area contributed by atoms with Crippen LogP contribution in [0, 0.1) is 0 Å². The maximum absolute atomic E-state index is 12.6. The summed E-state index contributed by atoms with van der Waals surface area (Å²) in [5.74, 6) is 0.0117. The van der Waals surface area contributed by atoms with Gasteiger partial charge in [0.15, 0.2) is 4.34 Å². The van der Waals surface area contributed by atoms with Gasteiger partial charge >= 0.3 is 0 Å². The molecule has 1 aliphatic rings. The molecule has 0 spiro atoms. The van der Waals surface area contributed by atoms with Crippen molar-refractivity contribution in [2.24, 2.45) is 0 Å². The highest BCUT2D eigenvalue weighted by molar-refractivity contribution is 8.01. The minimum absolute atomic E-state index is 0.0117. The number of hydrogen-bond donors (Lipinski definition) is 1. The standard InChI is InChI=1S/C16H17ClN2OS2/c17-14-10-21-16(19-14)22-13-9-5-4-8-12(13)15(20)18-11-6-2-1-3-7-11/h4-5,8-11H,1-3,6-7H2,(H,18,20). The molecule has 6 heteroatoms. The monoisotopic (exact) mass is 352 g/mol. The maximum Gasteiger partial charge on any atom is 0.252 e. The fourth-order valence-electron chi connectivity index (χ4n) is 2.63. The summed E-state index contributed by atoms with van der Waals surface area (Å²) in [4.78, 5) is 17.7. The topological polar surface area (TPSA) is 42.0 Å². The number of aromatic nitrogens is 1. The van der Waals surface area contributed by atoms with Crippen LogP contribution in [0.4, 0.5) is 0 Å². The zero-order valence-electron chi connectivity index (χ0n) is 12.0. The minimum Gasteiger partial charge on any atom is -0.349 e. The molecular weight excluding hydrogens is 336 g/mol. The summed E-state index contributed by atoms with van der Waals surface area (Å²) in [5.41, 5.74) is 0.712. The second-order valence-electron chi connectivity index (χ2n) is 5.34. The molecule has 0 aliphatic heterocycles. The molecule has 3 rings (SSSR count). The van der Waals surface area contributed by atoms with Crippen LogP contribution < -0.4 is 5.32 Å². The van der Waals surface area contributed by atoms with Gasteiger partial charge in [-0.15, -0.1) is 11.3 Å². The molecule has 1 aromatic carbocycles. The van der Waals surface area contributed by atoms with E-state index in [0.717, 1.165) is 22.1 Å². The molecule has 1 aliphatic carbocycles. The molecule has 1 aromatic heterocycles. The number of rotatable bonds is 4. The Morgan fingerprint density at radius 3 is 2.77 bits per heavy atom. The van der Waals surface area contributed by atoms with Gasteiger partial charge in [0.1, 0.15) is 5.15 Å². The van der Waals surface area contributed by atoms with Crippen molar-refractivity contribution in [3.8, 4) is 0 Å². The molecule has 0 radical (unpaired) electrons. The SMILES string of the molecule is O=C(NC1CCCCC1)c1ccccc1Sc1nc(Cl)cs1. The van der Waals surface area contributed by atoms with Crippen molar-refractivity contribution in [3.05, 3.63) is 40.4 Å². The van der Waals surface area contributed by atoms with Crippen LogP contribution in [0.25, 0.3) is 0 Å². The van der Waals surface area contributed by atoms with E-state index in [9.17, 15) is 4.79 Å². The molecular formula is C16H17ClN2OS2. The van der Waals surface area contributed by atoms with Crippen molar-refractivity contribution < 1.29 is 4.79 Å². The Balaban J connectivity index is 1.73. The van der Waals surface area contributed by atoms with Crippen molar-refractivity contribution >= 4 is 40.6 Å². The first kappa shape index (κ1) is 15.8. The number of hydrogen-bond acceptors (Lipinski definition) is 4. The van der Waals surface area contributed by atoms with Gasteiger partial charge in [-0.25, -0.2) is 4.98 Å². The summed E-state index contributed by atoms with van der Waals surface area (Å²) in [6.45, 7) is 0. The fourth-order valence-corrected chi connectivity index (χ4v) is 4.71. The molecule has 1 heterocycles. The lowest BCUT2D eigenvalue weighted by Crippen LogP contribution is -2.36. The zero-order chi connectivity index (χ0) is 15.4. The Kier molecular flexibility index (Phi) is 5.39.